The number of Topliss-reactive ketones (excluding diaryl/α,β-unsaturated/α-hetero) is 1. The zero-order chi connectivity index (χ0) is 47.2. The van der Waals surface area contributed by atoms with Gasteiger partial charge in [0.05, 0.1) is 31.8 Å². The molecule has 0 aliphatic carbocycles. The lowest BCUT2D eigenvalue weighted by Crippen LogP contribution is -2.45. The molecule has 63 heavy (non-hydrogen) atoms. The summed E-state index contributed by atoms with van der Waals surface area (Å²) in [4.78, 5) is 90.2. The molecule has 16 heteroatoms. The van der Waals surface area contributed by atoms with E-state index in [-0.39, 0.29) is 91.6 Å². The number of alkyl carbamates (subject to hydrolysis) is 1. The van der Waals surface area contributed by atoms with Gasteiger partial charge in [0.25, 0.3) is 0 Å². The first kappa shape index (κ1) is 54.3. The van der Waals surface area contributed by atoms with Crippen LogP contribution in [0.2, 0.25) is 0 Å². The Bertz CT molecular complexity index is 1670. The number of nitrogens with zero attached hydrogens (tertiary/aromatic N) is 1. The van der Waals surface area contributed by atoms with Crippen molar-refractivity contribution >= 4 is 47.2 Å². The summed E-state index contributed by atoms with van der Waals surface area (Å²) in [5.74, 6) is -2.64. The van der Waals surface area contributed by atoms with Crippen molar-refractivity contribution in [3.05, 3.63) is 42.0 Å². The molecular formula is C47H76N6O10. The second-order valence-corrected chi connectivity index (χ2v) is 18.8. The minimum absolute atomic E-state index is 0.00135. The van der Waals surface area contributed by atoms with Gasteiger partial charge in [-0.05, 0) is 73.0 Å². The van der Waals surface area contributed by atoms with Crippen LogP contribution in [0, 0.1) is 28.6 Å². The summed E-state index contributed by atoms with van der Waals surface area (Å²) in [5, 5.41) is 10.9. The minimum Gasteiger partial charge on any atom is -0.445 e. The third-order valence-corrected chi connectivity index (χ3v) is 11.1. The molecule has 3 atom stereocenters. The van der Waals surface area contributed by atoms with E-state index in [0.29, 0.717) is 69.9 Å². The molecule has 0 bridgehead atoms. The quantitative estimate of drug-likeness (QED) is 0.0338. The van der Waals surface area contributed by atoms with Gasteiger partial charge in [-0.25, -0.2) is 9.59 Å². The molecule has 1 heterocycles. The van der Waals surface area contributed by atoms with Gasteiger partial charge in [-0.3, -0.25) is 28.9 Å². The smallest absolute Gasteiger partial charge is 0.407 e. The van der Waals surface area contributed by atoms with Crippen LogP contribution in [0.4, 0.5) is 15.3 Å². The molecule has 6 N–H and O–H groups in total. The van der Waals surface area contributed by atoms with Gasteiger partial charge in [-0.15, -0.1) is 0 Å². The number of anilines is 1. The Labute approximate surface area is 374 Å². The fourth-order valence-electron chi connectivity index (χ4n) is 6.89. The van der Waals surface area contributed by atoms with Gasteiger partial charge in [0.1, 0.15) is 6.61 Å². The van der Waals surface area contributed by atoms with E-state index in [4.69, 9.17) is 19.9 Å². The number of hydrogen-bond acceptors (Lipinski definition) is 10. The molecule has 2 rings (SSSR count). The van der Waals surface area contributed by atoms with Crippen molar-refractivity contribution < 1.29 is 47.8 Å². The Hall–Kier alpha value is -4.83. The van der Waals surface area contributed by atoms with Crippen LogP contribution in [-0.2, 0) is 44.8 Å². The molecule has 1 aliphatic heterocycles. The topological polar surface area (TPSA) is 225 Å². The second-order valence-electron chi connectivity index (χ2n) is 18.8. The first-order valence-corrected chi connectivity index (χ1v) is 22.4. The molecule has 1 aromatic carbocycles. The van der Waals surface area contributed by atoms with Crippen molar-refractivity contribution in [2.24, 2.45) is 34.3 Å². The number of nitrogens with two attached hydrogens (primary N) is 1. The largest absolute Gasteiger partial charge is 0.445 e. The normalized spacial score (nSPS) is 15.2. The van der Waals surface area contributed by atoms with E-state index in [1.165, 1.54) is 10.5 Å². The number of ketones is 1. The SMILES string of the molecule is C=C(CCCOCCOCCNC(=O)OCc1ccc(NC(=O)[C@@H](CCCNC(N)=O)CC(=O)[C@H](NC(=O)CCCCCN2C(=O)CC(C(C)(C)C)C2=O)C(C)C)cc1)C(C)(C)C. The summed E-state index contributed by atoms with van der Waals surface area (Å²) in [6, 6.07) is 5.23. The van der Waals surface area contributed by atoms with Gasteiger partial charge in [-0.2, -0.15) is 0 Å². The number of urea groups is 1. The fourth-order valence-corrected chi connectivity index (χ4v) is 6.89. The standard InChI is InChI=1S/C47H76N6O10/c1-32(2)41(52-39(55)17-11-10-12-24-53-40(56)30-37(43(53)58)47(7,8)9)38(54)29-35(16-13-22-49-44(48)59)42(57)51-36-20-18-34(19-21-36)31-63-45(60)50-23-26-62-28-27-61-25-14-15-33(3)46(4,5)6/h18-21,32,35,37,41H,3,10-17,22-31H2,1-2,4-9H3,(H,50,60)(H,51,57)(H,52,55)(H3,48,49,59)/t35-,37?,41+/m0/s1. The predicted octanol–water partition coefficient (Wildman–Crippen LogP) is 6.41. The Kier molecular flexibility index (Phi) is 23.6. The molecule has 0 spiro atoms. The fraction of sp³-hybridized carbons (Fsp3) is 0.681. The van der Waals surface area contributed by atoms with E-state index in [9.17, 15) is 33.6 Å². The Morgan fingerprint density at radius 1 is 0.841 bits per heavy atom. The molecular weight excluding hydrogens is 809 g/mol. The number of allylic oxidation sites excluding steroid dienone is 1. The van der Waals surface area contributed by atoms with Crippen molar-refractivity contribution in [1.29, 1.82) is 0 Å². The van der Waals surface area contributed by atoms with E-state index < -0.39 is 30.0 Å². The molecule has 0 aromatic heterocycles. The minimum atomic E-state index is -0.825. The van der Waals surface area contributed by atoms with Gasteiger partial charge in [0, 0.05) is 57.1 Å². The van der Waals surface area contributed by atoms with Crippen molar-refractivity contribution in [2.45, 2.75) is 132 Å². The molecule has 354 valence electrons. The highest BCUT2D eigenvalue weighted by atomic mass is 16.5. The van der Waals surface area contributed by atoms with E-state index in [1.54, 1.807) is 24.3 Å². The van der Waals surface area contributed by atoms with Crippen molar-refractivity contribution in [3.63, 3.8) is 0 Å². The maximum atomic E-state index is 13.7. The van der Waals surface area contributed by atoms with E-state index >= 15 is 0 Å². The maximum Gasteiger partial charge on any atom is 0.407 e. The number of rotatable bonds is 29. The van der Waals surface area contributed by atoms with Gasteiger partial charge in [0.2, 0.25) is 23.6 Å². The Morgan fingerprint density at radius 3 is 2.11 bits per heavy atom. The number of carbonyl (C=O) groups excluding carboxylic acids is 7. The zero-order valence-electron chi connectivity index (χ0n) is 39.2. The van der Waals surface area contributed by atoms with Crippen LogP contribution in [0.3, 0.4) is 0 Å². The molecule has 7 amide bonds. The van der Waals surface area contributed by atoms with E-state index in [1.807, 2.05) is 34.6 Å². The van der Waals surface area contributed by atoms with Crippen LogP contribution in [0.15, 0.2) is 36.4 Å². The van der Waals surface area contributed by atoms with Crippen LogP contribution in [0.5, 0.6) is 0 Å². The molecule has 1 saturated heterocycles. The summed E-state index contributed by atoms with van der Waals surface area (Å²) in [6.07, 6.45) is 3.84. The zero-order valence-corrected chi connectivity index (χ0v) is 39.2. The van der Waals surface area contributed by atoms with Crippen LogP contribution < -0.4 is 27.0 Å². The Balaban J connectivity index is 1.80. The van der Waals surface area contributed by atoms with Crippen molar-refractivity contribution in [3.8, 4) is 0 Å². The molecule has 1 fully saturated rings. The summed E-state index contributed by atoms with van der Waals surface area (Å²) >= 11 is 0. The first-order chi connectivity index (χ1) is 29.6. The summed E-state index contributed by atoms with van der Waals surface area (Å²) in [5.41, 5.74) is 7.37. The number of unbranched alkanes of at least 4 members (excludes halogenated alkanes) is 2. The molecule has 0 radical (unpaired) electrons. The highest BCUT2D eigenvalue weighted by Gasteiger charge is 2.44. The lowest BCUT2D eigenvalue weighted by molar-refractivity contribution is -0.140. The van der Waals surface area contributed by atoms with Crippen molar-refractivity contribution in [1.82, 2.24) is 20.9 Å². The van der Waals surface area contributed by atoms with Gasteiger partial charge < -0.3 is 41.2 Å². The average Bonchev–Trinajstić information content (AvgIpc) is 3.49. The highest BCUT2D eigenvalue weighted by molar-refractivity contribution is 6.04. The Morgan fingerprint density at radius 2 is 1.51 bits per heavy atom. The third kappa shape index (κ3) is 21.4. The number of imide groups is 1. The lowest BCUT2D eigenvalue weighted by Gasteiger charge is -2.25. The summed E-state index contributed by atoms with van der Waals surface area (Å²) in [7, 11) is 0. The third-order valence-electron chi connectivity index (χ3n) is 11.1. The molecule has 0 saturated carbocycles. The number of ether oxygens (including phenoxy) is 3. The van der Waals surface area contributed by atoms with Crippen LogP contribution >= 0.6 is 0 Å². The summed E-state index contributed by atoms with van der Waals surface area (Å²) < 4.78 is 16.4. The van der Waals surface area contributed by atoms with E-state index in [2.05, 4.69) is 48.6 Å². The number of nitrogens with one attached hydrogen (secondary N) is 4. The molecule has 16 nitrogen and oxygen atoms in total. The second kappa shape index (κ2) is 27.4. The monoisotopic (exact) mass is 885 g/mol. The predicted molar refractivity (Wildman–Crippen MR) is 242 cm³/mol. The first-order valence-electron chi connectivity index (χ1n) is 22.4. The maximum absolute atomic E-state index is 13.7. The van der Waals surface area contributed by atoms with Gasteiger partial charge in [0.15, 0.2) is 5.78 Å². The van der Waals surface area contributed by atoms with Crippen LogP contribution in [0.1, 0.15) is 125 Å². The van der Waals surface area contributed by atoms with Gasteiger partial charge in [-0.1, -0.05) is 86.1 Å². The van der Waals surface area contributed by atoms with Crippen molar-refractivity contribution in [2.75, 3.05) is 51.4 Å². The number of likely N-dealkylation sites (tertiary alicyclic amines) is 1. The number of carbonyl (C=O) groups is 7. The van der Waals surface area contributed by atoms with Crippen LogP contribution in [-0.4, -0.2) is 98.5 Å². The number of primary amides is 1. The van der Waals surface area contributed by atoms with E-state index in [0.717, 1.165) is 12.8 Å². The summed E-state index contributed by atoms with van der Waals surface area (Å²) in [6.45, 7) is 22.7. The molecule has 1 aromatic rings. The lowest BCUT2D eigenvalue weighted by atomic mass is 9.80. The van der Waals surface area contributed by atoms with Gasteiger partial charge >= 0.3 is 12.1 Å². The number of amides is 7. The van der Waals surface area contributed by atoms with Crippen LogP contribution in [0.25, 0.3) is 0 Å². The average molecular weight is 885 g/mol. The molecule has 1 aliphatic rings. The highest BCUT2D eigenvalue weighted by Crippen LogP contribution is 2.35. The molecule has 1 unspecified atom stereocenters. The number of benzene rings is 1. The number of hydrogen-bond donors (Lipinski definition) is 5.